The average Bonchev–Trinajstić information content (AvgIpc) is 2.82. The van der Waals surface area contributed by atoms with Gasteiger partial charge in [0.1, 0.15) is 6.04 Å². The summed E-state index contributed by atoms with van der Waals surface area (Å²) in [5, 5.41) is 3.08. The molecule has 0 spiro atoms. The topological polar surface area (TPSA) is 49.4 Å². The van der Waals surface area contributed by atoms with Crippen LogP contribution >= 0.6 is 0 Å². The van der Waals surface area contributed by atoms with Crippen molar-refractivity contribution in [1.82, 2.24) is 10.2 Å². The lowest BCUT2D eigenvalue weighted by Crippen LogP contribution is -2.51. The van der Waals surface area contributed by atoms with Gasteiger partial charge in [-0.2, -0.15) is 0 Å². The summed E-state index contributed by atoms with van der Waals surface area (Å²) in [4.78, 5) is 28.4. The van der Waals surface area contributed by atoms with Crippen molar-refractivity contribution < 1.29 is 9.59 Å². The Morgan fingerprint density at radius 3 is 1.78 bits per heavy atom. The summed E-state index contributed by atoms with van der Waals surface area (Å²) in [5.41, 5.74) is 3.22. The van der Waals surface area contributed by atoms with Gasteiger partial charge in [0.25, 0.3) is 0 Å². The van der Waals surface area contributed by atoms with Crippen molar-refractivity contribution in [3.63, 3.8) is 0 Å². The van der Waals surface area contributed by atoms with E-state index >= 15 is 0 Å². The predicted molar refractivity (Wildman–Crippen MR) is 129 cm³/mol. The Morgan fingerprint density at radius 2 is 1.25 bits per heavy atom. The van der Waals surface area contributed by atoms with Crippen molar-refractivity contribution in [3.05, 3.63) is 108 Å². The van der Waals surface area contributed by atoms with E-state index in [-0.39, 0.29) is 17.7 Å². The molecule has 0 unspecified atom stereocenters. The van der Waals surface area contributed by atoms with Crippen molar-refractivity contribution in [2.75, 3.05) is 6.54 Å². The van der Waals surface area contributed by atoms with Crippen LogP contribution in [0.3, 0.4) is 0 Å². The van der Waals surface area contributed by atoms with E-state index in [1.807, 2.05) is 92.7 Å². The van der Waals surface area contributed by atoms with E-state index in [2.05, 4.69) is 17.4 Å². The van der Waals surface area contributed by atoms with E-state index in [1.54, 1.807) is 4.90 Å². The van der Waals surface area contributed by atoms with Crippen molar-refractivity contribution in [3.8, 4) is 0 Å². The summed E-state index contributed by atoms with van der Waals surface area (Å²) in [7, 11) is 0. The highest BCUT2D eigenvalue weighted by atomic mass is 16.2. The minimum absolute atomic E-state index is 0.0204. The van der Waals surface area contributed by atoms with Crippen LogP contribution in [0.1, 0.15) is 30.5 Å². The maximum Gasteiger partial charge on any atom is 0.243 e. The Hall–Kier alpha value is -3.40. The van der Waals surface area contributed by atoms with Gasteiger partial charge in [-0.3, -0.25) is 9.59 Å². The zero-order valence-electron chi connectivity index (χ0n) is 18.9. The minimum Gasteiger partial charge on any atom is -0.354 e. The first-order valence-electron chi connectivity index (χ1n) is 11.2. The molecule has 0 aliphatic rings. The number of rotatable bonds is 10. The number of amides is 2. The minimum atomic E-state index is -0.580. The monoisotopic (exact) mass is 428 g/mol. The molecule has 1 atom stereocenters. The highest BCUT2D eigenvalue weighted by Gasteiger charge is 2.31. The largest absolute Gasteiger partial charge is 0.354 e. The number of hydrogen-bond donors (Lipinski definition) is 1. The van der Waals surface area contributed by atoms with E-state index in [0.29, 0.717) is 19.5 Å². The molecule has 0 aliphatic heterocycles. The molecule has 0 heterocycles. The van der Waals surface area contributed by atoms with Crippen LogP contribution in [-0.2, 0) is 29.0 Å². The van der Waals surface area contributed by atoms with Gasteiger partial charge in [-0.15, -0.1) is 0 Å². The summed E-state index contributed by atoms with van der Waals surface area (Å²) in [6, 6.07) is 29.3. The Kier molecular flexibility index (Phi) is 8.61. The van der Waals surface area contributed by atoms with E-state index in [9.17, 15) is 9.59 Å². The van der Waals surface area contributed by atoms with Gasteiger partial charge in [0, 0.05) is 25.4 Å². The quantitative estimate of drug-likeness (QED) is 0.511. The highest BCUT2D eigenvalue weighted by molar-refractivity contribution is 5.88. The lowest BCUT2D eigenvalue weighted by molar-refractivity contribution is -0.143. The van der Waals surface area contributed by atoms with Crippen molar-refractivity contribution >= 4 is 11.8 Å². The molecule has 3 rings (SSSR count). The van der Waals surface area contributed by atoms with Gasteiger partial charge in [-0.25, -0.2) is 0 Å². The second-order valence-electron chi connectivity index (χ2n) is 8.34. The van der Waals surface area contributed by atoms with Gasteiger partial charge in [0.05, 0.1) is 0 Å². The summed E-state index contributed by atoms with van der Waals surface area (Å²) < 4.78 is 0. The predicted octanol–water partition coefficient (Wildman–Crippen LogP) is 4.64. The number of hydrogen-bond acceptors (Lipinski definition) is 2. The molecule has 0 aliphatic carbocycles. The van der Waals surface area contributed by atoms with Gasteiger partial charge >= 0.3 is 0 Å². The van der Waals surface area contributed by atoms with Crippen LogP contribution in [0.15, 0.2) is 91.0 Å². The second-order valence-corrected chi connectivity index (χ2v) is 8.34. The van der Waals surface area contributed by atoms with Crippen LogP contribution in [-0.4, -0.2) is 29.3 Å². The zero-order valence-corrected chi connectivity index (χ0v) is 18.9. The first-order chi connectivity index (χ1) is 15.5. The number of nitrogens with one attached hydrogen (secondary N) is 1. The highest BCUT2D eigenvalue weighted by Crippen LogP contribution is 2.17. The number of nitrogens with zero attached hydrogens (tertiary/aromatic N) is 1. The fraction of sp³-hybridized carbons (Fsp3) is 0.286. The molecule has 0 saturated heterocycles. The second kappa shape index (κ2) is 11.8. The average molecular weight is 429 g/mol. The summed E-state index contributed by atoms with van der Waals surface area (Å²) >= 11 is 0. The van der Waals surface area contributed by atoms with Gasteiger partial charge in [-0.05, 0) is 23.1 Å². The van der Waals surface area contributed by atoms with Crippen LogP contribution in [0.4, 0.5) is 0 Å². The van der Waals surface area contributed by atoms with Crippen molar-refractivity contribution in [2.24, 2.45) is 5.92 Å². The molecule has 4 nitrogen and oxygen atoms in total. The molecule has 0 fully saturated rings. The Labute approximate surface area is 191 Å². The van der Waals surface area contributed by atoms with Crippen molar-refractivity contribution in [2.45, 2.75) is 39.3 Å². The van der Waals surface area contributed by atoms with Gasteiger partial charge in [0.15, 0.2) is 0 Å². The lowest BCUT2D eigenvalue weighted by atomic mass is 10.0. The van der Waals surface area contributed by atoms with Crippen LogP contribution in [0.25, 0.3) is 0 Å². The third-order valence-corrected chi connectivity index (χ3v) is 5.48. The van der Waals surface area contributed by atoms with Gasteiger partial charge in [0.2, 0.25) is 11.8 Å². The number of carbonyl (C=O) groups excluding carboxylic acids is 2. The zero-order chi connectivity index (χ0) is 22.8. The third kappa shape index (κ3) is 6.81. The normalized spacial score (nSPS) is 11.7. The molecule has 32 heavy (non-hydrogen) atoms. The molecule has 0 radical (unpaired) electrons. The summed E-state index contributed by atoms with van der Waals surface area (Å²) in [6.07, 6.45) is 1.23. The summed E-state index contributed by atoms with van der Waals surface area (Å²) in [5.74, 6) is -0.336. The molecule has 1 N–H and O–H groups in total. The smallest absolute Gasteiger partial charge is 0.243 e. The maximum absolute atomic E-state index is 13.4. The van der Waals surface area contributed by atoms with Crippen molar-refractivity contribution in [1.29, 1.82) is 0 Å². The maximum atomic E-state index is 13.4. The van der Waals surface area contributed by atoms with Crippen LogP contribution in [0.2, 0.25) is 0 Å². The third-order valence-electron chi connectivity index (χ3n) is 5.48. The molecule has 4 heteroatoms. The van der Waals surface area contributed by atoms with E-state index in [1.165, 1.54) is 5.56 Å². The molecule has 0 aromatic heterocycles. The Morgan fingerprint density at radius 1 is 0.750 bits per heavy atom. The van der Waals surface area contributed by atoms with Crippen LogP contribution in [0, 0.1) is 5.92 Å². The Bertz CT molecular complexity index is 972. The van der Waals surface area contributed by atoms with E-state index in [0.717, 1.165) is 17.5 Å². The summed E-state index contributed by atoms with van der Waals surface area (Å²) in [6.45, 7) is 4.70. The molecular weight excluding hydrogens is 396 g/mol. The number of carbonyl (C=O) groups is 2. The fourth-order valence-electron chi connectivity index (χ4n) is 3.73. The standard InChI is InChI=1S/C28H32N2O2/c1-22(2)28(32)30(21-25-16-10-5-11-17-25)26(20-24-14-8-4-9-15-24)27(31)29-19-18-23-12-6-3-7-13-23/h3-17,22,26H,18-21H2,1-2H3,(H,29,31)/t26-/m0/s1. The fourth-order valence-corrected chi connectivity index (χ4v) is 3.73. The molecule has 0 bridgehead atoms. The van der Waals surface area contributed by atoms with E-state index in [4.69, 9.17) is 0 Å². The lowest BCUT2D eigenvalue weighted by Gasteiger charge is -2.32. The SMILES string of the molecule is CC(C)C(=O)N(Cc1ccccc1)[C@@H](Cc1ccccc1)C(=O)NCCc1ccccc1. The number of benzene rings is 3. The molecule has 2 amide bonds. The molecule has 166 valence electrons. The molecule has 3 aromatic carbocycles. The van der Waals surface area contributed by atoms with Crippen LogP contribution < -0.4 is 5.32 Å². The first kappa shape index (κ1) is 23.3. The first-order valence-corrected chi connectivity index (χ1v) is 11.2. The molecular formula is C28H32N2O2. The van der Waals surface area contributed by atoms with E-state index < -0.39 is 6.04 Å². The van der Waals surface area contributed by atoms with Gasteiger partial charge < -0.3 is 10.2 Å². The van der Waals surface area contributed by atoms with Gasteiger partial charge in [-0.1, -0.05) is 105 Å². The molecule has 0 saturated carbocycles. The molecule has 3 aromatic rings. The Balaban J connectivity index is 1.81. The van der Waals surface area contributed by atoms with Crippen LogP contribution in [0.5, 0.6) is 0 Å².